The highest BCUT2D eigenvalue weighted by atomic mass is 16.5. The van der Waals surface area contributed by atoms with Crippen molar-refractivity contribution in [2.45, 2.75) is 26.7 Å². The SMILES string of the molecule is COc1cc(C)nc(CC2(C(C)=O)CCOC2=O)c1. The van der Waals surface area contributed by atoms with Crippen molar-refractivity contribution >= 4 is 11.8 Å². The normalized spacial score (nSPS) is 22.2. The van der Waals surface area contributed by atoms with Gasteiger partial charge in [-0.15, -0.1) is 0 Å². The number of aryl methyl sites for hydroxylation is 1. The lowest BCUT2D eigenvalue weighted by molar-refractivity contribution is -0.150. The van der Waals surface area contributed by atoms with E-state index in [-0.39, 0.29) is 12.2 Å². The van der Waals surface area contributed by atoms with E-state index in [1.807, 2.05) is 6.92 Å². The number of Topliss-reactive ketones (excluding diaryl/α,β-unsaturated/α-hetero) is 1. The molecule has 0 aliphatic carbocycles. The number of carbonyl (C=O) groups is 2. The van der Waals surface area contributed by atoms with E-state index < -0.39 is 11.4 Å². The Kier molecular flexibility index (Phi) is 3.55. The van der Waals surface area contributed by atoms with Gasteiger partial charge in [0.05, 0.1) is 13.7 Å². The molecule has 1 aromatic rings. The van der Waals surface area contributed by atoms with E-state index in [0.29, 0.717) is 24.5 Å². The fourth-order valence-corrected chi connectivity index (χ4v) is 2.38. The lowest BCUT2D eigenvalue weighted by atomic mass is 9.78. The van der Waals surface area contributed by atoms with E-state index in [9.17, 15) is 9.59 Å². The molecule has 0 amide bonds. The number of methoxy groups -OCH3 is 1. The summed E-state index contributed by atoms with van der Waals surface area (Å²) in [5.41, 5.74) is 0.386. The lowest BCUT2D eigenvalue weighted by Gasteiger charge is -2.21. The molecule has 1 aliphatic rings. The molecule has 1 saturated heterocycles. The van der Waals surface area contributed by atoms with Crippen molar-refractivity contribution in [1.29, 1.82) is 0 Å². The summed E-state index contributed by atoms with van der Waals surface area (Å²) in [5.74, 6) is 0.0621. The van der Waals surface area contributed by atoms with Crippen LogP contribution in [0.1, 0.15) is 24.7 Å². The van der Waals surface area contributed by atoms with Gasteiger partial charge in [-0.1, -0.05) is 0 Å². The minimum atomic E-state index is -1.08. The van der Waals surface area contributed by atoms with Crippen LogP contribution in [0.4, 0.5) is 0 Å². The van der Waals surface area contributed by atoms with Gasteiger partial charge in [0.1, 0.15) is 16.9 Å². The Balaban J connectivity index is 2.35. The maximum Gasteiger partial charge on any atom is 0.320 e. The zero-order valence-corrected chi connectivity index (χ0v) is 11.4. The number of ketones is 1. The molecule has 0 aromatic carbocycles. The monoisotopic (exact) mass is 263 g/mol. The Morgan fingerprint density at radius 2 is 2.26 bits per heavy atom. The minimum Gasteiger partial charge on any atom is -0.497 e. The molecule has 1 unspecified atom stereocenters. The topological polar surface area (TPSA) is 65.5 Å². The van der Waals surface area contributed by atoms with Crippen LogP contribution in [0.15, 0.2) is 12.1 Å². The smallest absolute Gasteiger partial charge is 0.320 e. The third kappa shape index (κ3) is 2.45. The number of nitrogens with zero attached hydrogens (tertiary/aromatic N) is 1. The quantitative estimate of drug-likeness (QED) is 0.608. The Morgan fingerprint density at radius 3 is 2.79 bits per heavy atom. The van der Waals surface area contributed by atoms with Crippen LogP contribution >= 0.6 is 0 Å². The van der Waals surface area contributed by atoms with Crippen LogP contribution in [0.5, 0.6) is 5.75 Å². The second kappa shape index (κ2) is 4.99. The van der Waals surface area contributed by atoms with Crippen LogP contribution < -0.4 is 4.74 Å². The van der Waals surface area contributed by atoms with Gasteiger partial charge in [-0.05, 0) is 13.8 Å². The van der Waals surface area contributed by atoms with Crippen molar-refractivity contribution in [3.8, 4) is 5.75 Å². The number of hydrogen-bond donors (Lipinski definition) is 0. The van der Waals surface area contributed by atoms with E-state index in [2.05, 4.69) is 4.98 Å². The average Bonchev–Trinajstić information content (AvgIpc) is 2.71. The summed E-state index contributed by atoms with van der Waals surface area (Å²) >= 11 is 0. The maximum absolute atomic E-state index is 11.9. The first-order chi connectivity index (χ1) is 8.98. The fourth-order valence-electron chi connectivity index (χ4n) is 2.38. The van der Waals surface area contributed by atoms with Crippen molar-refractivity contribution in [2.24, 2.45) is 5.41 Å². The van der Waals surface area contributed by atoms with Gasteiger partial charge in [0.15, 0.2) is 0 Å². The summed E-state index contributed by atoms with van der Waals surface area (Å²) in [6.45, 7) is 3.57. The highest BCUT2D eigenvalue weighted by molar-refractivity contribution is 6.03. The minimum absolute atomic E-state index is 0.169. The van der Waals surface area contributed by atoms with Crippen molar-refractivity contribution in [3.63, 3.8) is 0 Å². The largest absolute Gasteiger partial charge is 0.497 e. The molecule has 1 atom stereocenters. The van der Waals surface area contributed by atoms with Gasteiger partial charge in [-0.2, -0.15) is 0 Å². The number of esters is 1. The van der Waals surface area contributed by atoms with Crippen LogP contribution in [-0.4, -0.2) is 30.5 Å². The van der Waals surface area contributed by atoms with E-state index >= 15 is 0 Å². The van der Waals surface area contributed by atoms with Crippen molar-refractivity contribution in [3.05, 3.63) is 23.5 Å². The first kappa shape index (κ1) is 13.5. The molecule has 0 saturated carbocycles. The van der Waals surface area contributed by atoms with E-state index in [1.54, 1.807) is 19.2 Å². The second-order valence-electron chi connectivity index (χ2n) is 4.84. The Morgan fingerprint density at radius 1 is 1.53 bits per heavy atom. The fraction of sp³-hybridized carbons (Fsp3) is 0.500. The van der Waals surface area contributed by atoms with Crippen LogP contribution in [-0.2, 0) is 20.7 Å². The van der Waals surface area contributed by atoms with Gasteiger partial charge in [-0.3, -0.25) is 14.6 Å². The van der Waals surface area contributed by atoms with Gasteiger partial charge in [0.25, 0.3) is 0 Å². The number of rotatable bonds is 4. The summed E-state index contributed by atoms with van der Waals surface area (Å²) in [4.78, 5) is 28.1. The van der Waals surface area contributed by atoms with Gasteiger partial charge < -0.3 is 9.47 Å². The lowest BCUT2D eigenvalue weighted by Crippen LogP contribution is -2.36. The summed E-state index contributed by atoms with van der Waals surface area (Å²) in [6.07, 6.45) is 0.679. The standard InChI is InChI=1S/C14H17NO4/c1-9-6-12(18-3)7-11(15-9)8-14(10(2)16)4-5-19-13(14)17/h6-7H,4-5,8H2,1-3H3. The zero-order valence-electron chi connectivity index (χ0n) is 11.4. The molecule has 2 heterocycles. The van der Waals surface area contributed by atoms with Crippen molar-refractivity contribution in [1.82, 2.24) is 4.98 Å². The summed E-state index contributed by atoms with van der Waals surface area (Å²) < 4.78 is 10.1. The highest BCUT2D eigenvalue weighted by Crippen LogP contribution is 2.35. The van der Waals surface area contributed by atoms with Gasteiger partial charge in [-0.25, -0.2) is 0 Å². The number of ether oxygens (including phenoxy) is 2. The summed E-state index contributed by atoms with van der Waals surface area (Å²) in [5, 5.41) is 0. The molecular formula is C14H17NO4. The summed E-state index contributed by atoms with van der Waals surface area (Å²) in [6, 6.07) is 3.56. The number of cyclic esters (lactones) is 1. The van der Waals surface area contributed by atoms with Crippen LogP contribution in [0.2, 0.25) is 0 Å². The molecule has 1 fully saturated rings. The number of hydrogen-bond acceptors (Lipinski definition) is 5. The number of carbonyl (C=O) groups excluding carboxylic acids is 2. The van der Waals surface area contributed by atoms with Crippen LogP contribution in [0.3, 0.4) is 0 Å². The number of aromatic nitrogens is 1. The highest BCUT2D eigenvalue weighted by Gasteiger charge is 2.49. The Labute approximate surface area is 111 Å². The predicted molar refractivity (Wildman–Crippen MR) is 67.9 cm³/mol. The molecule has 102 valence electrons. The van der Waals surface area contributed by atoms with Gasteiger partial charge in [0, 0.05) is 36.4 Å². The van der Waals surface area contributed by atoms with Crippen molar-refractivity contribution in [2.75, 3.05) is 13.7 Å². The Bertz CT molecular complexity index is 526. The molecule has 0 radical (unpaired) electrons. The molecule has 19 heavy (non-hydrogen) atoms. The molecule has 5 heteroatoms. The Hall–Kier alpha value is -1.91. The first-order valence-electron chi connectivity index (χ1n) is 6.18. The molecule has 1 aliphatic heterocycles. The van der Waals surface area contributed by atoms with E-state index in [4.69, 9.17) is 9.47 Å². The molecule has 2 rings (SSSR count). The summed E-state index contributed by atoms with van der Waals surface area (Å²) in [7, 11) is 1.57. The molecular weight excluding hydrogens is 246 g/mol. The maximum atomic E-state index is 11.9. The molecule has 1 aromatic heterocycles. The van der Waals surface area contributed by atoms with Crippen LogP contribution in [0.25, 0.3) is 0 Å². The van der Waals surface area contributed by atoms with Crippen molar-refractivity contribution < 1.29 is 19.1 Å². The van der Waals surface area contributed by atoms with E-state index in [0.717, 1.165) is 5.69 Å². The number of pyridine rings is 1. The second-order valence-corrected chi connectivity index (χ2v) is 4.84. The predicted octanol–water partition coefficient (Wildman–Crippen LogP) is 1.46. The molecule has 0 bridgehead atoms. The first-order valence-corrected chi connectivity index (χ1v) is 6.18. The molecule has 5 nitrogen and oxygen atoms in total. The van der Waals surface area contributed by atoms with Crippen LogP contribution in [0, 0.1) is 12.3 Å². The van der Waals surface area contributed by atoms with Gasteiger partial charge >= 0.3 is 5.97 Å². The van der Waals surface area contributed by atoms with Gasteiger partial charge in [0.2, 0.25) is 0 Å². The third-order valence-electron chi connectivity index (χ3n) is 3.53. The average molecular weight is 263 g/mol. The molecule has 0 N–H and O–H groups in total. The van der Waals surface area contributed by atoms with E-state index in [1.165, 1.54) is 6.92 Å². The third-order valence-corrected chi connectivity index (χ3v) is 3.53. The zero-order chi connectivity index (χ0) is 14.0. The molecule has 0 spiro atoms.